The fourth-order valence-corrected chi connectivity index (χ4v) is 3.80. The van der Waals surface area contributed by atoms with Crippen molar-refractivity contribution in [3.63, 3.8) is 0 Å². The Morgan fingerprint density at radius 3 is 2.32 bits per heavy atom. The van der Waals surface area contributed by atoms with Gasteiger partial charge in [0.2, 0.25) is 17.7 Å². The van der Waals surface area contributed by atoms with Gasteiger partial charge in [-0.25, -0.2) is 4.79 Å². The number of rotatable bonds is 2. The van der Waals surface area contributed by atoms with E-state index in [1.165, 1.54) is 28.8 Å². The molecule has 0 radical (unpaired) electrons. The van der Waals surface area contributed by atoms with E-state index in [-0.39, 0.29) is 12.5 Å². The highest BCUT2D eigenvalue weighted by molar-refractivity contribution is 5.95. The quantitative estimate of drug-likeness (QED) is 0.595. The summed E-state index contributed by atoms with van der Waals surface area (Å²) in [6.45, 7) is 7.02. The van der Waals surface area contributed by atoms with Crippen LogP contribution in [0.2, 0.25) is 0 Å². The summed E-state index contributed by atoms with van der Waals surface area (Å²) in [6, 6.07) is -2.51. The van der Waals surface area contributed by atoms with Crippen LogP contribution in [0, 0.1) is 5.92 Å². The van der Waals surface area contributed by atoms with E-state index in [1.807, 2.05) is 13.8 Å². The molecule has 2 heterocycles. The minimum atomic E-state index is -1.05. The molecule has 1 N–H and O–H groups in total. The van der Waals surface area contributed by atoms with Gasteiger partial charge in [0, 0.05) is 20.6 Å². The Balaban J connectivity index is 2.39. The maximum absolute atomic E-state index is 13.0. The molecular weight excluding hydrogens is 404 g/mol. The Hall–Kier alpha value is -2.65. The lowest BCUT2D eigenvalue weighted by molar-refractivity contribution is -0.166. The van der Waals surface area contributed by atoms with Crippen LogP contribution in [-0.2, 0) is 28.7 Å². The lowest BCUT2D eigenvalue weighted by Crippen LogP contribution is -2.54. The highest BCUT2D eigenvalue weighted by Crippen LogP contribution is 2.22. The number of amides is 4. The molecular formula is C21H34N4O6. The minimum Gasteiger partial charge on any atom is -0.451 e. The molecule has 174 valence electrons. The molecule has 2 aliphatic rings. The topological polar surface area (TPSA) is 116 Å². The Morgan fingerprint density at radius 1 is 1.06 bits per heavy atom. The van der Waals surface area contributed by atoms with E-state index in [0.29, 0.717) is 25.8 Å². The average molecular weight is 439 g/mol. The monoisotopic (exact) mass is 438 g/mol. The van der Waals surface area contributed by atoms with Gasteiger partial charge >= 0.3 is 5.97 Å². The average Bonchev–Trinajstić information content (AvgIpc) is 3.19. The van der Waals surface area contributed by atoms with Crippen molar-refractivity contribution in [1.82, 2.24) is 20.0 Å². The number of hydrogen-bond acceptors (Lipinski definition) is 6. The molecule has 4 amide bonds. The molecule has 0 aliphatic carbocycles. The van der Waals surface area contributed by atoms with Gasteiger partial charge in [-0.3, -0.25) is 19.2 Å². The van der Waals surface area contributed by atoms with Crippen LogP contribution in [-0.4, -0.2) is 95.7 Å². The van der Waals surface area contributed by atoms with Crippen molar-refractivity contribution in [2.24, 2.45) is 5.92 Å². The first-order valence-corrected chi connectivity index (χ1v) is 10.8. The molecule has 2 aliphatic heterocycles. The number of hydrogen-bond donors (Lipinski definition) is 1. The second-order valence-electron chi connectivity index (χ2n) is 8.85. The summed E-state index contributed by atoms with van der Waals surface area (Å²) in [4.78, 5) is 67.9. The zero-order valence-corrected chi connectivity index (χ0v) is 19.2. The first-order chi connectivity index (χ1) is 14.4. The fourth-order valence-electron chi connectivity index (χ4n) is 3.80. The second kappa shape index (κ2) is 10.1. The number of fused-ring (bicyclic) bond motifs is 1. The van der Waals surface area contributed by atoms with Crippen molar-refractivity contribution in [2.45, 2.75) is 71.2 Å². The van der Waals surface area contributed by atoms with E-state index < -0.39 is 53.8 Å². The van der Waals surface area contributed by atoms with Gasteiger partial charge in [-0.2, -0.15) is 0 Å². The van der Waals surface area contributed by atoms with E-state index in [9.17, 15) is 24.0 Å². The number of cyclic esters (lactones) is 1. The third-order valence-corrected chi connectivity index (χ3v) is 5.86. The molecule has 0 bridgehead atoms. The number of nitrogens with one attached hydrogen (secondary N) is 1. The zero-order valence-electron chi connectivity index (χ0n) is 19.2. The molecule has 4 atom stereocenters. The van der Waals surface area contributed by atoms with Crippen LogP contribution in [0.25, 0.3) is 0 Å². The Bertz CT molecular complexity index is 739. The number of ether oxygens (including phenoxy) is 1. The first kappa shape index (κ1) is 24.6. The van der Waals surface area contributed by atoms with Gasteiger partial charge in [0.05, 0.1) is 6.54 Å². The Kier molecular flexibility index (Phi) is 8.02. The van der Waals surface area contributed by atoms with Crippen molar-refractivity contribution >= 4 is 29.6 Å². The van der Waals surface area contributed by atoms with Crippen molar-refractivity contribution in [1.29, 1.82) is 0 Å². The molecule has 2 rings (SSSR count). The molecule has 31 heavy (non-hydrogen) atoms. The van der Waals surface area contributed by atoms with Crippen LogP contribution in [0.5, 0.6) is 0 Å². The minimum absolute atomic E-state index is 0.0683. The van der Waals surface area contributed by atoms with Crippen molar-refractivity contribution in [3.05, 3.63) is 0 Å². The summed E-state index contributed by atoms with van der Waals surface area (Å²) in [5.74, 6) is -2.38. The summed E-state index contributed by atoms with van der Waals surface area (Å²) < 4.78 is 5.59. The highest BCUT2D eigenvalue weighted by atomic mass is 16.5. The van der Waals surface area contributed by atoms with E-state index in [0.717, 1.165) is 0 Å². The molecule has 10 nitrogen and oxygen atoms in total. The molecule has 0 spiro atoms. The molecule has 2 fully saturated rings. The van der Waals surface area contributed by atoms with Crippen molar-refractivity contribution < 1.29 is 28.7 Å². The van der Waals surface area contributed by atoms with Gasteiger partial charge in [0.25, 0.3) is 5.91 Å². The zero-order chi connectivity index (χ0) is 23.5. The van der Waals surface area contributed by atoms with Crippen LogP contribution in [0.15, 0.2) is 0 Å². The predicted molar refractivity (Wildman–Crippen MR) is 112 cm³/mol. The summed E-state index contributed by atoms with van der Waals surface area (Å²) in [7, 11) is 2.93. The summed E-state index contributed by atoms with van der Waals surface area (Å²) in [6.07, 6.45) is 0.309. The van der Waals surface area contributed by atoms with E-state index in [4.69, 9.17) is 4.74 Å². The normalized spacial score (nSPS) is 29.5. The predicted octanol–water partition coefficient (Wildman–Crippen LogP) is -0.241. The molecule has 0 aromatic carbocycles. The lowest BCUT2D eigenvalue weighted by atomic mass is 10.0. The van der Waals surface area contributed by atoms with Crippen molar-refractivity contribution in [3.8, 4) is 0 Å². The third kappa shape index (κ3) is 5.74. The molecule has 10 heteroatoms. The van der Waals surface area contributed by atoms with Crippen molar-refractivity contribution in [2.75, 3.05) is 27.2 Å². The molecule has 0 aromatic rings. The number of carbonyl (C=O) groups is 5. The van der Waals surface area contributed by atoms with Gasteiger partial charge in [-0.15, -0.1) is 0 Å². The molecule has 0 aromatic heterocycles. The van der Waals surface area contributed by atoms with Crippen LogP contribution in [0.1, 0.15) is 47.0 Å². The van der Waals surface area contributed by atoms with Crippen LogP contribution in [0.3, 0.4) is 0 Å². The largest absolute Gasteiger partial charge is 0.451 e. The van der Waals surface area contributed by atoms with Gasteiger partial charge in [-0.05, 0) is 39.0 Å². The maximum Gasteiger partial charge on any atom is 0.329 e. The second-order valence-corrected chi connectivity index (χ2v) is 8.85. The third-order valence-electron chi connectivity index (χ3n) is 5.86. The molecule has 2 saturated heterocycles. The summed E-state index contributed by atoms with van der Waals surface area (Å²) >= 11 is 0. The van der Waals surface area contributed by atoms with Crippen LogP contribution >= 0.6 is 0 Å². The lowest BCUT2D eigenvalue weighted by Gasteiger charge is -2.29. The number of esters is 1. The summed E-state index contributed by atoms with van der Waals surface area (Å²) in [5.41, 5.74) is 0. The Morgan fingerprint density at radius 2 is 1.71 bits per heavy atom. The number of likely N-dealkylation sites (N-methyl/N-ethyl adjacent to an activating group) is 2. The van der Waals surface area contributed by atoms with Gasteiger partial charge in [0.15, 0.2) is 6.10 Å². The van der Waals surface area contributed by atoms with Crippen LogP contribution in [0.4, 0.5) is 0 Å². The van der Waals surface area contributed by atoms with Gasteiger partial charge in [-0.1, -0.05) is 13.8 Å². The summed E-state index contributed by atoms with van der Waals surface area (Å²) in [5, 5.41) is 2.63. The smallest absolute Gasteiger partial charge is 0.329 e. The standard InChI is InChI=1S/C21H34N4O6/c1-12(2)10-16-20(29)23(5)11-17(26)24(6)14(4)18(27)22-13(3)19(28)25-9-7-8-15(25)21(30)31-16/h12-16H,7-11H2,1-6H3,(H,22,27)/t13-,14-,15-,16?/m0/s1. The molecule has 1 unspecified atom stereocenters. The highest BCUT2D eigenvalue weighted by Gasteiger charge is 2.40. The van der Waals surface area contributed by atoms with E-state index >= 15 is 0 Å². The maximum atomic E-state index is 13.0. The first-order valence-electron chi connectivity index (χ1n) is 10.8. The molecule has 0 saturated carbocycles. The van der Waals surface area contributed by atoms with Gasteiger partial charge < -0.3 is 24.8 Å². The van der Waals surface area contributed by atoms with Gasteiger partial charge in [0.1, 0.15) is 18.1 Å². The van der Waals surface area contributed by atoms with Crippen LogP contribution < -0.4 is 5.32 Å². The fraction of sp³-hybridized carbons (Fsp3) is 0.762. The number of nitrogens with zero attached hydrogens (tertiary/aromatic N) is 3. The number of carbonyl (C=O) groups excluding carboxylic acids is 5. The van der Waals surface area contributed by atoms with E-state index in [2.05, 4.69) is 5.32 Å². The van der Waals surface area contributed by atoms with E-state index in [1.54, 1.807) is 13.8 Å². The SMILES string of the molecule is CC(C)CC1OC(=O)[C@@H]2CCCN2C(=O)[C@H](C)NC(=O)[C@H](C)N(C)C(=O)CN(C)C1=O. The Labute approximate surface area is 183 Å².